The van der Waals surface area contributed by atoms with E-state index in [-0.39, 0.29) is 23.7 Å². The standard InChI is InChI=1S/C17H23N3OS.ClH/c1-10-6-7-12(11(2)8-10)13-9-22-16(19-13)20-15(21)14(18)17(3,4)5;/h6-9,14H,18H2,1-5H3,(H,19,20,21);1H/t14-;/m1./s1. The van der Waals surface area contributed by atoms with E-state index < -0.39 is 6.04 Å². The van der Waals surface area contributed by atoms with Crippen LogP contribution in [0.3, 0.4) is 0 Å². The number of rotatable bonds is 3. The molecule has 1 atom stereocenters. The first-order valence-electron chi connectivity index (χ1n) is 7.28. The summed E-state index contributed by atoms with van der Waals surface area (Å²) in [6.07, 6.45) is 0. The van der Waals surface area contributed by atoms with Crippen LogP contribution in [-0.2, 0) is 4.79 Å². The third-order valence-electron chi connectivity index (χ3n) is 3.61. The van der Waals surface area contributed by atoms with Crippen molar-refractivity contribution in [3.8, 4) is 11.3 Å². The Hall–Kier alpha value is -1.43. The van der Waals surface area contributed by atoms with Crippen LogP contribution in [0.1, 0.15) is 31.9 Å². The van der Waals surface area contributed by atoms with Gasteiger partial charge in [0.1, 0.15) is 0 Å². The second-order valence-corrected chi connectivity index (χ2v) is 7.55. The summed E-state index contributed by atoms with van der Waals surface area (Å²) in [5.41, 5.74) is 10.0. The maximum atomic E-state index is 12.1. The summed E-state index contributed by atoms with van der Waals surface area (Å²) in [7, 11) is 0. The van der Waals surface area contributed by atoms with Crippen LogP contribution in [-0.4, -0.2) is 16.9 Å². The lowest BCUT2D eigenvalue weighted by atomic mass is 9.87. The smallest absolute Gasteiger partial charge is 0.243 e. The number of anilines is 1. The molecule has 126 valence electrons. The summed E-state index contributed by atoms with van der Waals surface area (Å²) in [5.74, 6) is -0.200. The van der Waals surface area contributed by atoms with E-state index in [2.05, 4.69) is 42.3 Å². The number of aryl methyl sites for hydroxylation is 2. The second-order valence-electron chi connectivity index (χ2n) is 6.69. The number of thiazole rings is 1. The van der Waals surface area contributed by atoms with Gasteiger partial charge in [0.2, 0.25) is 5.91 Å². The Morgan fingerprint density at radius 3 is 2.52 bits per heavy atom. The van der Waals surface area contributed by atoms with E-state index in [1.54, 1.807) is 0 Å². The summed E-state index contributed by atoms with van der Waals surface area (Å²) in [5, 5.41) is 5.35. The van der Waals surface area contributed by atoms with Gasteiger partial charge in [-0.2, -0.15) is 0 Å². The molecule has 3 N–H and O–H groups in total. The minimum atomic E-state index is -0.569. The third kappa shape index (κ3) is 4.77. The molecule has 0 radical (unpaired) electrons. The Labute approximate surface area is 147 Å². The van der Waals surface area contributed by atoms with Gasteiger partial charge >= 0.3 is 0 Å². The second kappa shape index (κ2) is 7.43. The highest BCUT2D eigenvalue weighted by molar-refractivity contribution is 7.14. The number of nitrogens with two attached hydrogens (primary N) is 1. The Morgan fingerprint density at radius 1 is 1.30 bits per heavy atom. The molecule has 2 rings (SSSR count). The average molecular weight is 354 g/mol. The first-order valence-corrected chi connectivity index (χ1v) is 8.16. The highest BCUT2D eigenvalue weighted by Crippen LogP contribution is 2.28. The van der Waals surface area contributed by atoms with Crippen LogP contribution in [0, 0.1) is 19.3 Å². The summed E-state index contributed by atoms with van der Waals surface area (Å²) in [4.78, 5) is 16.7. The number of hydrogen-bond donors (Lipinski definition) is 2. The summed E-state index contributed by atoms with van der Waals surface area (Å²) < 4.78 is 0. The van der Waals surface area contributed by atoms with Gasteiger partial charge in [-0.25, -0.2) is 4.98 Å². The van der Waals surface area contributed by atoms with Gasteiger partial charge in [-0.05, 0) is 24.8 Å². The molecule has 1 aromatic heterocycles. The first-order chi connectivity index (χ1) is 10.2. The number of nitrogens with one attached hydrogen (secondary N) is 1. The minimum absolute atomic E-state index is 0. The molecule has 1 aromatic carbocycles. The number of carbonyl (C=O) groups excluding carboxylic acids is 1. The summed E-state index contributed by atoms with van der Waals surface area (Å²) >= 11 is 1.42. The summed E-state index contributed by atoms with van der Waals surface area (Å²) in [6, 6.07) is 5.69. The Kier molecular flexibility index (Phi) is 6.33. The van der Waals surface area contributed by atoms with Crippen molar-refractivity contribution in [3.05, 3.63) is 34.7 Å². The van der Waals surface area contributed by atoms with Crippen molar-refractivity contribution in [2.24, 2.45) is 11.1 Å². The number of hydrogen-bond acceptors (Lipinski definition) is 4. The molecule has 23 heavy (non-hydrogen) atoms. The van der Waals surface area contributed by atoms with E-state index in [0.717, 1.165) is 11.3 Å². The fourth-order valence-electron chi connectivity index (χ4n) is 2.13. The maximum absolute atomic E-state index is 12.1. The van der Waals surface area contributed by atoms with Gasteiger partial charge in [0.25, 0.3) is 0 Å². The number of aromatic nitrogens is 1. The van der Waals surface area contributed by atoms with Crippen molar-refractivity contribution in [1.82, 2.24) is 4.98 Å². The molecule has 1 amide bonds. The van der Waals surface area contributed by atoms with Crippen LogP contribution < -0.4 is 11.1 Å². The van der Waals surface area contributed by atoms with Gasteiger partial charge in [-0.15, -0.1) is 23.7 Å². The molecule has 0 saturated carbocycles. The SMILES string of the molecule is Cc1ccc(-c2csc(NC(=O)[C@@H](N)C(C)(C)C)n2)c(C)c1.Cl. The van der Waals surface area contributed by atoms with E-state index in [0.29, 0.717) is 5.13 Å². The van der Waals surface area contributed by atoms with Crippen molar-refractivity contribution in [3.63, 3.8) is 0 Å². The molecule has 0 aliphatic heterocycles. The molecule has 2 aromatic rings. The lowest BCUT2D eigenvalue weighted by Gasteiger charge is -2.25. The summed E-state index contributed by atoms with van der Waals surface area (Å²) in [6.45, 7) is 9.97. The van der Waals surface area contributed by atoms with Crippen molar-refractivity contribution >= 4 is 34.8 Å². The maximum Gasteiger partial charge on any atom is 0.243 e. The van der Waals surface area contributed by atoms with Crippen molar-refractivity contribution in [2.45, 2.75) is 40.7 Å². The Balaban J connectivity index is 0.00000264. The largest absolute Gasteiger partial charge is 0.319 e. The minimum Gasteiger partial charge on any atom is -0.319 e. The average Bonchev–Trinajstić information content (AvgIpc) is 2.84. The van der Waals surface area contributed by atoms with Gasteiger partial charge in [-0.3, -0.25) is 4.79 Å². The number of amides is 1. The molecular weight excluding hydrogens is 330 g/mol. The van der Waals surface area contributed by atoms with Crippen LogP contribution in [0.15, 0.2) is 23.6 Å². The van der Waals surface area contributed by atoms with E-state index in [1.165, 1.54) is 22.5 Å². The van der Waals surface area contributed by atoms with Crippen LogP contribution >= 0.6 is 23.7 Å². The van der Waals surface area contributed by atoms with Gasteiger partial charge in [0.15, 0.2) is 5.13 Å². The fourth-order valence-corrected chi connectivity index (χ4v) is 2.85. The number of nitrogens with zero attached hydrogens (tertiary/aromatic N) is 1. The zero-order valence-corrected chi connectivity index (χ0v) is 15.8. The Bertz CT molecular complexity index is 691. The monoisotopic (exact) mass is 353 g/mol. The molecule has 4 nitrogen and oxygen atoms in total. The number of benzene rings is 1. The normalized spacial score (nSPS) is 12.4. The third-order valence-corrected chi connectivity index (χ3v) is 4.37. The first kappa shape index (κ1) is 19.6. The molecule has 1 heterocycles. The van der Waals surface area contributed by atoms with Gasteiger partial charge in [-0.1, -0.05) is 44.5 Å². The predicted molar refractivity (Wildman–Crippen MR) is 100 cm³/mol. The van der Waals surface area contributed by atoms with E-state index >= 15 is 0 Å². The molecule has 0 aliphatic rings. The number of halogens is 1. The van der Waals surface area contributed by atoms with E-state index in [1.807, 2.05) is 26.2 Å². The molecule has 0 spiro atoms. The fraction of sp³-hybridized carbons (Fsp3) is 0.412. The highest BCUT2D eigenvalue weighted by Gasteiger charge is 2.28. The van der Waals surface area contributed by atoms with Crippen molar-refractivity contribution < 1.29 is 4.79 Å². The molecule has 0 unspecified atom stereocenters. The highest BCUT2D eigenvalue weighted by atomic mass is 35.5. The van der Waals surface area contributed by atoms with E-state index in [9.17, 15) is 4.79 Å². The molecule has 0 bridgehead atoms. The van der Waals surface area contributed by atoms with Crippen LogP contribution in [0.2, 0.25) is 0 Å². The van der Waals surface area contributed by atoms with Crippen molar-refractivity contribution in [2.75, 3.05) is 5.32 Å². The van der Waals surface area contributed by atoms with Gasteiger partial charge < -0.3 is 11.1 Å². The Morgan fingerprint density at radius 2 is 1.96 bits per heavy atom. The molecular formula is C17H24ClN3OS. The quantitative estimate of drug-likeness (QED) is 0.870. The van der Waals surface area contributed by atoms with Crippen LogP contribution in [0.4, 0.5) is 5.13 Å². The van der Waals surface area contributed by atoms with Crippen molar-refractivity contribution in [1.29, 1.82) is 0 Å². The lowest BCUT2D eigenvalue weighted by Crippen LogP contribution is -2.45. The zero-order valence-electron chi connectivity index (χ0n) is 14.1. The van der Waals surface area contributed by atoms with Crippen LogP contribution in [0.25, 0.3) is 11.3 Å². The van der Waals surface area contributed by atoms with Crippen LogP contribution in [0.5, 0.6) is 0 Å². The molecule has 6 heteroatoms. The van der Waals surface area contributed by atoms with Gasteiger partial charge in [0.05, 0.1) is 11.7 Å². The lowest BCUT2D eigenvalue weighted by molar-refractivity contribution is -0.119. The molecule has 0 fully saturated rings. The zero-order chi connectivity index (χ0) is 16.5. The molecule has 0 saturated heterocycles. The van der Waals surface area contributed by atoms with Gasteiger partial charge in [0, 0.05) is 10.9 Å². The van der Waals surface area contributed by atoms with E-state index in [4.69, 9.17) is 5.73 Å². The number of carbonyl (C=O) groups is 1. The molecule has 0 aliphatic carbocycles. The topological polar surface area (TPSA) is 68.0 Å². The predicted octanol–water partition coefficient (Wildman–Crippen LogP) is 4.16.